The van der Waals surface area contributed by atoms with E-state index in [2.05, 4.69) is 4.72 Å². The fraction of sp³-hybridized carbons (Fsp3) is 0.143. The van der Waals surface area contributed by atoms with Crippen LogP contribution >= 0.6 is 11.6 Å². The number of nitrogens with two attached hydrogens (primary N) is 1. The molecule has 112 valence electrons. The highest BCUT2D eigenvalue weighted by Gasteiger charge is 2.22. The first-order valence-corrected chi connectivity index (χ1v) is 8.03. The topological polar surface area (TPSA) is 92.4 Å². The minimum absolute atomic E-state index is 0.0553. The van der Waals surface area contributed by atoms with Crippen LogP contribution in [-0.2, 0) is 10.0 Å². The average Bonchev–Trinajstić information content (AvgIpc) is 2.45. The molecule has 0 radical (unpaired) electrons. The molecule has 0 aliphatic rings. The molecule has 0 bridgehead atoms. The molecule has 0 amide bonds. The van der Waals surface area contributed by atoms with Crippen LogP contribution in [0.3, 0.4) is 0 Å². The number of nitrogen functional groups attached to an aromatic ring is 1. The highest BCUT2D eigenvalue weighted by atomic mass is 35.5. The molecule has 0 saturated heterocycles. The van der Waals surface area contributed by atoms with E-state index in [1.165, 1.54) is 18.2 Å². The van der Waals surface area contributed by atoms with Crippen LogP contribution in [0.2, 0.25) is 5.02 Å². The Morgan fingerprint density at radius 1 is 1.19 bits per heavy atom. The van der Waals surface area contributed by atoms with Gasteiger partial charge in [0.25, 0.3) is 0 Å². The number of nitrogens with one attached hydrogen (secondary N) is 1. The zero-order chi connectivity index (χ0) is 15.5. The zero-order valence-corrected chi connectivity index (χ0v) is 12.6. The van der Waals surface area contributed by atoms with Gasteiger partial charge in [-0.05, 0) is 23.8 Å². The summed E-state index contributed by atoms with van der Waals surface area (Å²) in [7, 11) is -3.86. The van der Waals surface area contributed by atoms with Gasteiger partial charge >= 0.3 is 0 Å². The quantitative estimate of drug-likeness (QED) is 0.732. The molecular formula is C14H15ClN2O3S. The molecule has 1 atom stereocenters. The number of halogens is 1. The predicted octanol–water partition coefficient (Wildman–Crippen LogP) is 1.93. The summed E-state index contributed by atoms with van der Waals surface area (Å²) in [6.45, 7) is -0.364. The number of aliphatic hydroxyl groups excluding tert-OH is 1. The van der Waals surface area contributed by atoms with E-state index in [1.54, 1.807) is 24.3 Å². The van der Waals surface area contributed by atoms with Crippen molar-refractivity contribution in [2.24, 2.45) is 0 Å². The molecule has 7 heteroatoms. The van der Waals surface area contributed by atoms with Crippen LogP contribution in [0, 0.1) is 0 Å². The molecule has 4 N–H and O–H groups in total. The van der Waals surface area contributed by atoms with Crippen molar-refractivity contribution in [1.29, 1.82) is 0 Å². The SMILES string of the molecule is Nc1cc(Cl)ccc1S(=O)(=O)N[C@H](CO)c1ccccc1. The molecule has 0 heterocycles. The van der Waals surface area contributed by atoms with Gasteiger partial charge in [0.05, 0.1) is 18.3 Å². The maximum absolute atomic E-state index is 12.4. The summed E-state index contributed by atoms with van der Waals surface area (Å²) < 4.78 is 27.2. The van der Waals surface area contributed by atoms with Gasteiger partial charge in [-0.25, -0.2) is 13.1 Å². The molecule has 0 spiro atoms. The van der Waals surface area contributed by atoms with E-state index in [0.29, 0.717) is 10.6 Å². The van der Waals surface area contributed by atoms with Crippen molar-refractivity contribution in [3.05, 3.63) is 59.1 Å². The number of hydrogen-bond donors (Lipinski definition) is 3. The Morgan fingerprint density at radius 2 is 1.86 bits per heavy atom. The number of rotatable bonds is 5. The zero-order valence-electron chi connectivity index (χ0n) is 11.0. The van der Waals surface area contributed by atoms with E-state index in [-0.39, 0.29) is 17.2 Å². The predicted molar refractivity (Wildman–Crippen MR) is 82.5 cm³/mol. The van der Waals surface area contributed by atoms with Crippen molar-refractivity contribution in [2.45, 2.75) is 10.9 Å². The van der Waals surface area contributed by atoms with E-state index in [4.69, 9.17) is 17.3 Å². The second-order valence-corrected chi connectivity index (χ2v) is 6.57. The summed E-state index contributed by atoms with van der Waals surface area (Å²) >= 11 is 5.76. The van der Waals surface area contributed by atoms with Crippen molar-refractivity contribution in [3.8, 4) is 0 Å². The normalized spacial score (nSPS) is 13.0. The van der Waals surface area contributed by atoms with Crippen molar-refractivity contribution >= 4 is 27.3 Å². The molecule has 2 aromatic rings. The maximum Gasteiger partial charge on any atom is 0.243 e. The first-order valence-electron chi connectivity index (χ1n) is 6.17. The smallest absolute Gasteiger partial charge is 0.243 e. The molecular weight excluding hydrogens is 312 g/mol. The number of hydrogen-bond acceptors (Lipinski definition) is 4. The minimum Gasteiger partial charge on any atom is -0.398 e. The first kappa shape index (κ1) is 15.8. The van der Waals surface area contributed by atoms with Crippen molar-refractivity contribution in [3.63, 3.8) is 0 Å². The Labute approximate surface area is 128 Å². The molecule has 0 aromatic heterocycles. The van der Waals surface area contributed by atoms with E-state index in [0.717, 1.165) is 0 Å². The summed E-state index contributed by atoms with van der Waals surface area (Å²) in [5, 5.41) is 9.78. The van der Waals surface area contributed by atoms with Gasteiger partial charge in [0.15, 0.2) is 0 Å². The van der Waals surface area contributed by atoms with E-state index in [9.17, 15) is 13.5 Å². The van der Waals surface area contributed by atoms with Gasteiger partial charge < -0.3 is 10.8 Å². The Bertz CT molecular complexity index is 720. The lowest BCUT2D eigenvalue weighted by Crippen LogP contribution is -2.31. The van der Waals surface area contributed by atoms with Crippen molar-refractivity contribution in [2.75, 3.05) is 12.3 Å². The van der Waals surface area contributed by atoms with Crippen LogP contribution < -0.4 is 10.5 Å². The van der Waals surface area contributed by atoms with Gasteiger partial charge in [0.1, 0.15) is 4.90 Å². The first-order chi connectivity index (χ1) is 9.94. The summed E-state index contributed by atoms with van der Waals surface area (Å²) in [6, 6.07) is 12.2. The summed E-state index contributed by atoms with van der Waals surface area (Å²) in [5.41, 5.74) is 6.42. The third-order valence-corrected chi connectivity index (χ3v) is 4.72. The number of anilines is 1. The Morgan fingerprint density at radius 3 is 2.43 bits per heavy atom. The van der Waals surface area contributed by atoms with Gasteiger partial charge in [-0.15, -0.1) is 0 Å². The lowest BCUT2D eigenvalue weighted by molar-refractivity contribution is 0.259. The van der Waals surface area contributed by atoms with E-state index >= 15 is 0 Å². The third kappa shape index (κ3) is 3.74. The number of sulfonamides is 1. The van der Waals surface area contributed by atoms with Gasteiger partial charge in [-0.3, -0.25) is 0 Å². The monoisotopic (exact) mass is 326 g/mol. The molecule has 2 rings (SSSR count). The van der Waals surface area contributed by atoms with Crippen LogP contribution in [0.5, 0.6) is 0 Å². The van der Waals surface area contributed by atoms with Crippen LogP contribution in [-0.4, -0.2) is 20.1 Å². The van der Waals surface area contributed by atoms with Crippen molar-refractivity contribution < 1.29 is 13.5 Å². The Hall–Kier alpha value is -1.60. The molecule has 0 aliphatic heterocycles. The van der Waals surface area contributed by atoms with Gasteiger partial charge in [0, 0.05) is 5.02 Å². The highest BCUT2D eigenvalue weighted by Crippen LogP contribution is 2.24. The molecule has 0 fully saturated rings. The van der Waals surface area contributed by atoms with Gasteiger partial charge in [-0.2, -0.15) is 0 Å². The summed E-state index contributed by atoms with van der Waals surface area (Å²) in [4.78, 5) is -0.0683. The molecule has 0 aliphatic carbocycles. The standard InChI is InChI=1S/C14H15ClN2O3S/c15-11-6-7-14(12(16)8-11)21(19,20)17-13(9-18)10-4-2-1-3-5-10/h1-8,13,17-18H,9,16H2/t13-/m1/s1. The lowest BCUT2D eigenvalue weighted by atomic mass is 10.1. The largest absolute Gasteiger partial charge is 0.398 e. The minimum atomic E-state index is -3.86. The Kier molecular flexibility index (Phi) is 4.84. The lowest BCUT2D eigenvalue weighted by Gasteiger charge is -2.17. The fourth-order valence-corrected chi connectivity index (χ4v) is 3.42. The van der Waals surface area contributed by atoms with E-state index in [1.807, 2.05) is 6.07 Å². The number of benzene rings is 2. The summed E-state index contributed by atoms with van der Waals surface area (Å²) in [6.07, 6.45) is 0. The second-order valence-electron chi connectivity index (χ2n) is 4.45. The maximum atomic E-state index is 12.4. The van der Waals surface area contributed by atoms with Crippen LogP contribution in [0.4, 0.5) is 5.69 Å². The number of aliphatic hydroxyl groups is 1. The van der Waals surface area contributed by atoms with Gasteiger partial charge in [0.2, 0.25) is 10.0 Å². The van der Waals surface area contributed by atoms with Crippen LogP contribution in [0.25, 0.3) is 0 Å². The molecule has 5 nitrogen and oxygen atoms in total. The molecule has 0 saturated carbocycles. The fourth-order valence-electron chi connectivity index (χ4n) is 1.91. The van der Waals surface area contributed by atoms with Crippen LogP contribution in [0.1, 0.15) is 11.6 Å². The summed E-state index contributed by atoms with van der Waals surface area (Å²) in [5.74, 6) is 0. The second kappa shape index (κ2) is 6.44. The third-order valence-electron chi connectivity index (χ3n) is 2.94. The Balaban J connectivity index is 2.32. The molecule has 21 heavy (non-hydrogen) atoms. The molecule has 2 aromatic carbocycles. The van der Waals surface area contributed by atoms with Crippen LogP contribution in [0.15, 0.2) is 53.4 Å². The van der Waals surface area contributed by atoms with Gasteiger partial charge in [-0.1, -0.05) is 41.9 Å². The van der Waals surface area contributed by atoms with Crippen molar-refractivity contribution in [1.82, 2.24) is 4.72 Å². The van der Waals surface area contributed by atoms with E-state index < -0.39 is 16.1 Å². The average molecular weight is 327 g/mol. The molecule has 0 unspecified atom stereocenters. The highest BCUT2D eigenvalue weighted by molar-refractivity contribution is 7.89.